The van der Waals surface area contributed by atoms with Crippen molar-refractivity contribution in [3.63, 3.8) is 0 Å². The summed E-state index contributed by atoms with van der Waals surface area (Å²) < 4.78 is 27.0. The monoisotopic (exact) mass is 253 g/mol. The first-order valence-corrected chi connectivity index (χ1v) is 7.70. The predicted octanol–water partition coefficient (Wildman–Crippen LogP) is 2.61. The van der Waals surface area contributed by atoms with Crippen LogP contribution in [-0.4, -0.2) is 13.7 Å². The van der Waals surface area contributed by atoms with Crippen molar-refractivity contribution >= 4 is 10.0 Å². The van der Waals surface area contributed by atoms with Crippen LogP contribution in [0.4, 0.5) is 0 Å². The second-order valence-electron chi connectivity index (χ2n) is 4.70. The van der Waals surface area contributed by atoms with Crippen LogP contribution in [0.15, 0.2) is 30.3 Å². The maximum absolute atomic E-state index is 12.1. The minimum absolute atomic E-state index is 0.151. The first kappa shape index (κ1) is 12.6. The van der Waals surface area contributed by atoms with E-state index in [2.05, 4.69) is 4.72 Å². The zero-order chi connectivity index (χ0) is 12.3. The summed E-state index contributed by atoms with van der Waals surface area (Å²) in [5, 5.41) is -0.186. The lowest BCUT2D eigenvalue weighted by atomic mass is 10.1. The van der Waals surface area contributed by atoms with Gasteiger partial charge in [-0.3, -0.25) is 0 Å². The SMILES string of the molecule is CC(NS(=O)(=O)C1CCCC1)c1ccccc1. The van der Waals surface area contributed by atoms with Gasteiger partial charge in [-0.05, 0) is 25.3 Å². The summed E-state index contributed by atoms with van der Waals surface area (Å²) in [6, 6.07) is 9.53. The van der Waals surface area contributed by atoms with E-state index in [0.717, 1.165) is 31.2 Å². The Balaban J connectivity index is 2.05. The van der Waals surface area contributed by atoms with Crippen molar-refractivity contribution in [3.05, 3.63) is 35.9 Å². The minimum atomic E-state index is -3.16. The van der Waals surface area contributed by atoms with Crippen molar-refractivity contribution in [1.82, 2.24) is 4.72 Å². The van der Waals surface area contributed by atoms with Crippen molar-refractivity contribution in [2.75, 3.05) is 0 Å². The molecular weight excluding hydrogens is 234 g/mol. The largest absolute Gasteiger partial charge is 0.215 e. The molecule has 17 heavy (non-hydrogen) atoms. The van der Waals surface area contributed by atoms with Crippen LogP contribution in [0.5, 0.6) is 0 Å². The van der Waals surface area contributed by atoms with Crippen LogP contribution in [-0.2, 0) is 10.0 Å². The van der Waals surface area contributed by atoms with E-state index in [1.54, 1.807) is 0 Å². The Morgan fingerprint density at radius 2 is 1.76 bits per heavy atom. The Morgan fingerprint density at radius 1 is 1.18 bits per heavy atom. The molecule has 94 valence electrons. The van der Waals surface area contributed by atoms with Gasteiger partial charge >= 0.3 is 0 Å². The molecule has 1 saturated carbocycles. The molecule has 2 rings (SSSR count). The second kappa shape index (κ2) is 5.19. The van der Waals surface area contributed by atoms with Gasteiger partial charge in [0.05, 0.1) is 5.25 Å². The molecule has 1 atom stereocenters. The Kier molecular flexibility index (Phi) is 3.84. The summed E-state index contributed by atoms with van der Waals surface area (Å²) in [6.45, 7) is 1.89. The third-order valence-electron chi connectivity index (χ3n) is 3.38. The fourth-order valence-electron chi connectivity index (χ4n) is 2.35. The summed E-state index contributed by atoms with van der Waals surface area (Å²) >= 11 is 0. The minimum Gasteiger partial charge on any atom is -0.212 e. The molecule has 1 unspecified atom stereocenters. The summed E-state index contributed by atoms with van der Waals surface area (Å²) in [5.74, 6) is 0. The highest BCUT2D eigenvalue weighted by Crippen LogP contribution is 2.25. The fraction of sp³-hybridized carbons (Fsp3) is 0.538. The van der Waals surface area contributed by atoms with E-state index in [1.165, 1.54) is 0 Å². The van der Waals surface area contributed by atoms with E-state index in [9.17, 15) is 8.42 Å². The Hall–Kier alpha value is -0.870. The molecule has 1 N–H and O–H groups in total. The van der Waals surface area contributed by atoms with Gasteiger partial charge in [-0.2, -0.15) is 0 Å². The van der Waals surface area contributed by atoms with Gasteiger partial charge in [-0.15, -0.1) is 0 Å². The topological polar surface area (TPSA) is 46.2 Å². The highest BCUT2D eigenvalue weighted by Gasteiger charge is 2.29. The van der Waals surface area contributed by atoms with E-state index in [1.807, 2.05) is 37.3 Å². The molecule has 0 radical (unpaired) electrons. The van der Waals surface area contributed by atoms with Crippen LogP contribution >= 0.6 is 0 Å². The number of nitrogens with one attached hydrogen (secondary N) is 1. The maximum Gasteiger partial charge on any atom is 0.215 e. The number of rotatable bonds is 4. The number of hydrogen-bond donors (Lipinski definition) is 1. The quantitative estimate of drug-likeness (QED) is 0.896. The van der Waals surface area contributed by atoms with Gasteiger partial charge in [0.25, 0.3) is 0 Å². The third-order valence-corrected chi connectivity index (χ3v) is 5.41. The average Bonchev–Trinajstić information content (AvgIpc) is 2.84. The first-order valence-electron chi connectivity index (χ1n) is 6.16. The Morgan fingerprint density at radius 3 is 2.35 bits per heavy atom. The summed E-state index contributed by atoms with van der Waals surface area (Å²) in [5.41, 5.74) is 1.01. The van der Waals surface area contributed by atoms with E-state index >= 15 is 0 Å². The summed E-state index contributed by atoms with van der Waals surface area (Å²) in [7, 11) is -3.16. The van der Waals surface area contributed by atoms with Crippen LogP contribution in [0.25, 0.3) is 0 Å². The van der Waals surface area contributed by atoms with Crippen molar-refractivity contribution in [1.29, 1.82) is 0 Å². The molecule has 1 aliphatic rings. The van der Waals surface area contributed by atoms with E-state index in [0.29, 0.717) is 0 Å². The van der Waals surface area contributed by atoms with Crippen LogP contribution < -0.4 is 4.72 Å². The molecule has 0 spiro atoms. The van der Waals surface area contributed by atoms with E-state index < -0.39 is 10.0 Å². The number of sulfonamides is 1. The van der Waals surface area contributed by atoms with Crippen molar-refractivity contribution in [2.24, 2.45) is 0 Å². The molecular formula is C13H19NO2S. The summed E-state index contributed by atoms with van der Waals surface area (Å²) in [4.78, 5) is 0. The van der Waals surface area contributed by atoms with E-state index in [-0.39, 0.29) is 11.3 Å². The lowest BCUT2D eigenvalue weighted by Gasteiger charge is -2.18. The van der Waals surface area contributed by atoms with Crippen LogP contribution in [0.3, 0.4) is 0 Å². The molecule has 0 aromatic heterocycles. The predicted molar refractivity (Wildman–Crippen MR) is 69.2 cm³/mol. The molecule has 1 aromatic rings. The van der Waals surface area contributed by atoms with E-state index in [4.69, 9.17) is 0 Å². The maximum atomic E-state index is 12.1. The Bertz CT molecular complexity index is 450. The molecule has 3 nitrogen and oxygen atoms in total. The normalized spacial score (nSPS) is 19.4. The van der Waals surface area contributed by atoms with Crippen molar-refractivity contribution in [2.45, 2.75) is 43.9 Å². The molecule has 0 heterocycles. The zero-order valence-corrected chi connectivity index (χ0v) is 10.9. The van der Waals surface area contributed by atoms with Gasteiger partial charge in [-0.25, -0.2) is 13.1 Å². The fourth-order valence-corrected chi connectivity index (χ4v) is 4.13. The lowest BCUT2D eigenvalue weighted by Crippen LogP contribution is -2.34. The standard InChI is InChI=1S/C13H19NO2S/c1-11(12-7-3-2-4-8-12)14-17(15,16)13-9-5-6-10-13/h2-4,7-8,11,13-14H,5-6,9-10H2,1H3. The molecule has 1 aliphatic carbocycles. The highest BCUT2D eigenvalue weighted by atomic mass is 32.2. The first-order chi connectivity index (χ1) is 8.09. The molecule has 0 aliphatic heterocycles. The highest BCUT2D eigenvalue weighted by molar-refractivity contribution is 7.90. The van der Waals surface area contributed by atoms with Crippen LogP contribution in [0.2, 0.25) is 0 Å². The second-order valence-corrected chi connectivity index (χ2v) is 6.69. The van der Waals surface area contributed by atoms with Crippen LogP contribution in [0, 0.1) is 0 Å². The van der Waals surface area contributed by atoms with Gasteiger partial charge in [0.2, 0.25) is 10.0 Å². The zero-order valence-electron chi connectivity index (χ0n) is 10.1. The molecule has 1 fully saturated rings. The molecule has 0 bridgehead atoms. The number of hydrogen-bond acceptors (Lipinski definition) is 2. The van der Waals surface area contributed by atoms with Gasteiger partial charge < -0.3 is 0 Å². The lowest BCUT2D eigenvalue weighted by molar-refractivity contribution is 0.550. The molecule has 4 heteroatoms. The smallest absolute Gasteiger partial charge is 0.212 e. The van der Waals surface area contributed by atoms with Gasteiger partial charge in [0.1, 0.15) is 0 Å². The average molecular weight is 253 g/mol. The summed E-state index contributed by atoms with van der Waals surface area (Å²) in [6.07, 6.45) is 3.67. The van der Waals surface area contributed by atoms with Gasteiger partial charge in [0.15, 0.2) is 0 Å². The third kappa shape index (κ3) is 3.07. The van der Waals surface area contributed by atoms with Crippen LogP contribution in [0.1, 0.15) is 44.2 Å². The van der Waals surface area contributed by atoms with Gasteiger partial charge in [-0.1, -0.05) is 43.2 Å². The van der Waals surface area contributed by atoms with Crippen molar-refractivity contribution < 1.29 is 8.42 Å². The molecule has 0 saturated heterocycles. The number of benzene rings is 1. The van der Waals surface area contributed by atoms with Gasteiger partial charge in [0, 0.05) is 6.04 Å². The molecule has 1 aromatic carbocycles. The molecule has 0 amide bonds. The van der Waals surface area contributed by atoms with Crippen molar-refractivity contribution in [3.8, 4) is 0 Å². The Labute approximate surface area is 103 Å².